The summed E-state index contributed by atoms with van der Waals surface area (Å²) < 4.78 is 0. The lowest BCUT2D eigenvalue weighted by Gasteiger charge is -2.30. The van der Waals surface area contributed by atoms with E-state index < -0.39 is 0 Å². The molecule has 0 aliphatic rings. The van der Waals surface area contributed by atoms with Gasteiger partial charge >= 0.3 is 0 Å². The monoisotopic (exact) mass is 282 g/mol. The summed E-state index contributed by atoms with van der Waals surface area (Å²) in [5.74, 6) is 2.77. The van der Waals surface area contributed by atoms with Crippen LogP contribution >= 0.6 is 0 Å². The summed E-state index contributed by atoms with van der Waals surface area (Å²) in [6, 6.07) is 0. The van der Waals surface area contributed by atoms with E-state index in [1.165, 1.54) is 57.8 Å². The van der Waals surface area contributed by atoms with E-state index in [-0.39, 0.29) is 0 Å². The molecule has 0 amide bonds. The van der Waals surface area contributed by atoms with Crippen molar-refractivity contribution in [1.82, 2.24) is 0 Å². The van der Waals surface area contributed by atoms with Gasteiger partial charge in [-0.2, -0.15) is 0 Å². The lowest BCUT2D eigenvalue weighted by atomic mass is 9.76. The number of hydrogen-bond acceptors (Lipinski definition) is 0. The third kappa shape index (κ3) is 9.83. The molecular formula is C20H42. The summed E-state index contributed by atoms with van der Waals surface area (Å²) in [6.07, 6.45) is 12.6. The van der Waals surface area contributed by atoms with Gasteiger partial charge in [0.25, 0.3) is 0 Å². The van der Waals surface area contributed by atoms with Gasteiger partial charge < -0.3 is 0 Å². The predicted octanol–water partition coefficient (Wildman–Crippen LogP) is 7.47. The Morgan fingerprint density at radius 2 is 1.30 bits per heavy atom. The highest BCUT2D eigenvalue weighted by atomic mass is 14.3. The molecule has 0 nitrogen and oxygen atoms in total. The smallest absolute Gasteiger partial charge is 0.0352 e. The Hall–Kier alpha value is 0. The third-order valence-corrected chi connectivity index (χ3v) is 4.76. The third-order valence-electron chi connectivity index (χ3n) is 4.76. The van der Waals surface area contributed by atoms with Crippen molar-refractivity contribution in [2.45, 2.75) is 106 Å². The number of hydrogen-bond donors (Lipinski definition) is 0. The molecule has 0 aromatic heterocycles. The standard InChI is InChI=1S/C20H42/c1-8-11-19(12-9-2)15-17(4)14-18(5)16-20(6,7)13-10-3/h17-19H,8-16H2,1-7H3. The van der Waals surface area contributed by atoms with E-state index in [1.54, 1.807) is 0 Å². The zero-order chi connectivity index (χ0) is 15.6. The largest absolute Gasteiger partial charge is 0.0654 e. The molecule has 2 atom stereocenters. The minimum absolute atomic E-state index is 0.542. The van der Waals surface area contributed by atoms with Gasteiger partial charge in [-0.25, -0.2) is 0 Å². The van der Waals surface area contributed by atoms with Crippen molar-refractivity contribution >= 4 is 0 Å². The van der Waals surface area contributed by atoms with E-state index in [4.69, 9.17) is 0 Å². The van der Waals surface area contributed by atoms with Crippen molar-refractivity contribution in [3.05, 3.63) is 0 Å². The second-order valence-electron chi connectivity index (χ2n) is 8.24. The van der Waals surface area contributed by atoms with Crippen LogP contribution in [0.25, 0.3) is 0 Å². The maximum absolute atomic E-state index is 2.49. The van der Waals surface area contributed by atoms with Gasteiger partial charge in [0, 0.05) is 0 Å². The maximum atomic E-state index is 2.49. The molecule has 20 heavy (non-hydrogen) atoms. The van der Waals surface area contributed by atoms with Crippen molar-refractivity contribution < 1.29 is 0 Å². The summed E-state index contributed by atoms with van der Waals surface area (Å²) in [7, 11) is 0. The van der Waals surface area contributed by atoms with Gasteiger partial charge in [0.2, 0.25) is 0 Å². The molecule has 0 heterocycles. The highest BCUT2D eigenvalue weighted by molar-refractivity contribution is 4.73. The maximum Gasteiger partial charge on any atom is -0.0352 e. The quantitative estimate of drug-likeness (QED) is 0.348. The molecule has 0 aliphatic carbocycles. The van der Waals surface area contributed by atoms with Gasteiger partial charge in [-0.1, -0.05) is 80.6 Å². The molecular weight excluding hydrogens is 240 g/mol. The van der Waals surface area contributed by atoms with Crippen LogP contribution in [0.2, 0.25) is 0 Å². The Bertz CT molecular complexity index is 210. The first-order chi connectivity index (χ1) is 9.34. The number of rotatable bonds is 12. The summed E-state index contributed by atoms with van der Waals surface area (Å²) >= 11 is 0. The van der Waals surface area contributed by atoms with Crippen molar-refractivity contribution in [1.29, 1.82) is 0 Å². The van der Waals surface area contributed by atoms with Gasteiger partial charge in [-0.3, -0.25) is 0 Å². The Labute approximate surface area is 130 Å². The Balaban J connectivity index is 4.13. The zero-order valence-corrected chi connectivity index (χ0v) is 15.6. The summed E-state index contributed by atoms with van der Waals surface area (Å²) in [4.78, 5) is 0. The van der Waals surface area contributed by atoms with E-state index in [0.717, 1.165) is 17.8 Å². The molecule has 2 unspecified atom stereocenters. The van der Waals surface area contributed by atoms with Gasteiger partial charge in [-0.05, 0) is 48.9 Å². The van der Waals surface area contributed by atoms with E-state index in [0.29, 0.717) is 5.41 Å². The van der Waals surface area contributed by atoms with Crippen LogP contribution in [0.4, 0.5) is 0 Å². The Morgan fingerprint density at radius 3 is 1.75 bits per heavy atom. The van der Waals surface area contributed by atoms with Crippen molar-refractivity contribution in [3.8, 4) is 0 Å². The van der Waals surface area contributed by atoms with E-state index in [2.05, 4.69) is 48.5 Å². The van der Waals surface area contributed by atoms with Crippen LogP contribution in [0.5, 0.6) is 0 Å². The fourth-order valence-electron chi connectivity index (χ4n) is 4.35. The van der Waals surface area contributed by atoms with Crippen molar-refractivity contribution in [3.63, 3.8) is 0 Å². The predicted molar refractivity (Wildman–Crippen MR) is 94.2 cm³/mol. The van der Waals surface area contributed by atoms with Gasteiger partial charge in [0.15, 0.2) is 0 Å². The average molecular weight is 283 g/mol. The van der Waals surface area contributed by atoms with Crippen LogP contribution < -0.4 is 0 Å². The van der Waals surface area contributed by atoms with Crippen LogP contribution in [-0.2, 0) is 0 Å². The molecule has 0 rings (SSSR count). The minimum atomic E-state index is 0.542. The van der Waals surface area contributed by atoms with Crippen molar-refractivity contribution in [2.24, 2.45) is 23.2 Å². The molecule has 0 N–H and O–H groups in total. The van der Waals surface area contributed by atoms with Crippen LogP contribution in [0.15, 0.2) is 0 Å². The lowest BCUT2D eigenvalue weighted by molar-refractivity contribution is 0.219. The molecule has 0 saturated heterocycles. The Morgan fingerprint density at radius 1 is 0.750 bits per heavy atom. The molecule has 0 fully saturated rings. The zero-order valence-electron chi connectivity index (χ0n) is 15.6. The van der Waals surface area contributed by atoms with E-state index in [1.807, 2.05) is 0 Å². The van der Waals surface area contributed by atoms with Gasteiger partial charge in [0.1, 0.15) is 0 Å². The first-order valence-electron chi connectivity index (χ1n) is 9.34. The molecule has 122 valence electrons. The summed E-state index contributed by atoms with van der Waals surface area (Å²) in [6.45, 7) is 16.9. The van der Waals surface area contributed by atoms with E-state index in [9.17, 15) is 0 Å². The molecule has 0 spiro atoms. The van der Waals surface area contributed by atoms with Crippen LogP contribution in [-0.4, -0.2) is 0 Å². The second-order valence-corrected chi connectivity index (χ2v) is 8.24. The van der Waals surface area contributed by atoms with Crippen LogP contribution in [0.1, 0.15) is 106 Å². The average Bonchev–Trinajstić information content (AvgIpc) is 2.27. The molecule has 0 aliphatic heterocycles. The highest BCUT2D eigenvalue weighted by Crippen LogP contribution is 2.34. The first-order valence-corrected chi connectivity index (χ1v) is 9.34. The Kier molecular flexibility index (Phi) is 10.7. The lowest BCUT2D eigenvalue weighted by Crippen LogP contribution is -2.18. The first kappa shape index (κ1) is 20.0. The molecule has 0 aromatic carbocycles. The molecule has 0 saturated carbocycles. The summed E-state index contributed by atoms with van der Waals surface area (Å²) in [5.41, 5.74) is 0.542. The van der Waals surface area contributed by atoms with Crippen LogP contribution in [0.3, 0.4) is 0 Å². The van der Waals surface area contributed by atoms with Gasteiger partial charge in [-0.15, -0.1) is 0 Å². The van der Waals surface area contributed by atoms with E-state index >= 15 is 0 Å². The van der Waals surface area contributed by atoms with Gasteiger partial charge in [0.05, 0.1) is 0 Å². The fraction of sp³-hybridized carbons (Fsp3) is 1.00. The topological polar surface area (TPSA) is 0 Å². The SMILES string of the molecule is CCCC(CCC)CC(C)CC(C)CC(C)(C)CCC. The fourth-order valence-corrected chi connectivity index (χ4v) is 4.35. The van der Waals surface area contributed by atoms with Crippen LogP contribution in [0, 0.1) is 23.2 Å². The highest BCUT2D eigenvalue weighted by Gasteiger charge is 2.22. The molecule has 0 aromatic rings. The molecule has 0 bridgehead atoms. The molecule has 0 heteroatoms. The second kappa shape index (κ2) is 10.7. The van der Waals surface area contributed by atoms with Crippen molar-refractivity contribution in [2.75, 3.05) is 0 Å². The minimum Gasteiger partial charge on any atom is -0.0654 e. The molecule has 0 radical (unpaired) electrons. The summed E-state index contributed by atoms with van der Waals surface area (Å²) in [5, 5.41) is 0. The normalized spacial score (nSPS) is 15.6.